The molecule has 0 aromatic rings. The Bertz CT molecular complexity index is 472. The van der Waals surface area contributed by atoms with Crippen LogP contribution in [0.1, 0.15) is 12.8 Å². The number of aliphatic carboxylic acids is 1. The van der Waals surface area contributed by atoms with Gasteiger partial charge < -0.3 is 20.1 Å². The molecule has 0 saturated carbocycles. The Morgan fingerprint density at radius 1 is 1.40 bits per heavy atom. The molecule has 8 nitrogen and oxygen atoms in total. The molecule has 3 N–H and O–H groups in total. The first-order valence-electron chi connectivity index (χ1n) is 6.17. The van der Waals surface area contributed by atoms with Gasteiger partial charge in [0.25, 0.3) is 0 Å². The largest absolute Gasteiger partial charge is 0.480 e. The molecule has 3 atom stereocenters. The minimum Gasteiger partial charge on any atom is -0.480 e. The fourth-order valence-electron chi connectivity index (χ4n) is 2.55. The molecule has 0 radical (unpaired) electrons. The second kappa shape index (κ2) is 5.59. The van der Waals surface area contributed by atoms with Crippen molar-refractivity contribution in [3.8, 4) is 0 Å². The van der Waals surface area contributed by atoms with Crippen molar-refractivity contribution < 1.29 is 34.4 Å². The van der Waals surface area contributed by atoms with Gasteiger partial charge in [0, 0.05) is 0 Å². The Hall–Kier alpha value is -1.93. The first-order chi connectivity index (χ1) is 9.43. The lowest BCUT2D eigenvalue weighted by atomic mass is 9.90. The highest BCUT2D eigenvalue weighted by Gasteiger charge is 2.50. The lowest BCUT2D eigenvalue weighted by Crippen LogP contribution is -2.43. The van der Waals surface area contributed by atoms with E-state index in [2.05, 4.69) is 0 Å². The van der Waals surface area contributed by atoms with E-state index in [-0.39, 0.29) is 11.3 Å². The van der Waals surface area contributed by atoms with Crippen LogP contribution >= 0.6 is 0 Å². The lowest BCUT2D eigenvalue weighted by Gasteiger charge is -2.22. The number of ether oxygens (including phenoxy) is 1. The van der Waals surface area contributed by atoms with Gasteiger partial charge in [-0.1, -0.05) is 6.08 Å². The smallest absolute Gasteiger partial charge is 0.414 e. The highest BCUT2D eigenvalue weighted by molar-refractivity contribution is 6.00. The molecule has 0 aliphatic carbocycles. The molecule has 1 fully saturated rings. The van der Waals surface area contributed by atoms with Crippen LogP contribution < -0.4 is 0 Å². The van der Waals surface area contributed by atoms with Crippen LogP contribution in [0.5, 0.6) is 0 Å². The molecule has 2 aliphatic heterocycles. The van der Waals surface area contributed by atoms with Crippen LogP contribution in [0.3, 0.4) is 0 Å². The maximum atomic E-state index is 12.0. The third-order valence-electron chi connectivity index (χ3n) is 3.59. The summed E-state index contributed by atoms with van der Waals surface area (Å²) in [5.41, 5.74) is 0.589. The minimum atomic E-state index is -1.61. The quantitative estimate of drug-likeness (QED) is 0.606. The number of hydrogen-bond donors (Lipinski definition) is 3. The minimum absolute atomic E-state index is 0.222. The molecule has 2 unspecified atom stereocenters. The number of likely N-dealkylation sites (tertiary alicyclic amines) is 1. The standard InChI is InChI=1S/C12H15NO7/c14-9(6-1-3-20-4-2-6)7-5-8(11(16)17)13(10(7)15)12(18)19/h1,7-9,14H,2-5H2,(H,16,17)(H,18,19)/t7?,8-,9?/m0/s1. The number of carboxylic acids is 1. The predicted octanol–water partition coefficient (Wildman–Crippen LogP) is -0.326. The van der Waals surface area contributed by atoms with Gasteiger partial charge in [0.15, 0.2) is 0 Å². The van der Waals surface area contributed by atoms with Gasteiger partial charge in [-0.05, 0) is 18.4 Å². The second-order valence-electron chi connectivity index (χ2n) is 4.74. The van der Waals surface area contributed by atoms with Crippen LogP contribution in [-0.4, -0.2) is 63.5 Å². The number of rotatable bonds is 3. The number of aliphatic hydroxyl groups excluding tert-OH is 1. The molecule has 2 aliphatic rings. The number of nitrogens with zero attached hydrogens (tertiary/aromatic N) is 1. The van der Waals surface area contributed by atoms with Gasteiger partial charge in [-0.15, -0.1) is 0 Å². The normalized spacial score (nSPS) is 28.1. The van der Waals surface area contributed by atoms with Crippen molar-refractivity contribution in [2.75, 3.05) is 13.2 Å². The topological polar surface area (TPSA) is 124 Å². The molecule has 0 spiro atoms. The van der Waals surface area contributed by atoms with E-state index in [4.69, 9.17) is 14.9 Å². The molecular formula is C12H15NO7. The zero-order valence-electron chi connectivity index (χ0n) is 10.6. The van der Waals surface area contributed by atoms with Gasteiger partial charge in [0.2, 0.25) is 5.91 Å². The lowest BCUT2D eigenvalue weighted by molar-refractivity contribution is -0.145. The van der Waals surface area contributed by atoms with Crippen molar-refractivity contribution in [2.24, 2.45) is 5.92 Å². The summed E-state index contributed by atoms with van der Waals surface area (Å²) < 4.78 is 5.09. The van der Waals surface area contributed by atoms with Crippen molar-refractivity contribution >= 4 is 18.0 Å². The van der Waals surface area contributed by atoms with Crippen molar-refractivity contribution in [1.29, 1.82) is 0 Å². The summed E-state index contributed by atoms with van der Waals surface area (Å²) in [5.74, 6) is -3.31. The van der Waals surface area contributed by atoms with Crippen LogP contribution in [0, 0.1) is 5.92 Å². The predicted molar refractivity (Wildman–Crippen MR) is 63.9 cm³/mol. The van der Waals surface area contributed by atoms with Gasteiger partial charge in [-0.3, -0.25) is 4.79 Å². The Morgan fingerprint density at radius 2 is 2.10 bits per heavy atom. The van der Waals surface area contributed by atoms with Crippen molar-refractivity contribution in [2.45, 2.75) is 25.0 Å². The summed E-state index contributed by atoms with van der Waals surface area (Å²) >= 11 is 0. The molecule has 1 saturated heterocycles. The second-order valence-corrected chi connectivity index (χ2v) is 4.74. The number of hydrogen-bond acceptors (Lipinski definition) is 5. The van der Waals surface area contributed by atoms with E-state index in [9.17, 15) is 19.5 Å². The number of carboxylic acid groups (broad SMARTS) is 2. The summed E-state index contributed by atoms with van der Waals surface area (Å²) in [6.45, 7) is 0.729. The van der Waals surface area contributed by atoms with E-state index < -0.39 is 36.0 Å². The molecule has 2 amide bonds. The molecule has 8 heteroatoms. The van der Waals surface area contributed by atoms with E-state index in [0.29, 0.717) is 25.2 Å². The van der Waals surface area contributed by atoms with Crippen LogP contribution in [-0.2, 0) is 14.3 Å². The van der Waals surface area contributed by atoms with Gasteiger partial charge in [0.05, 0.1) is 25.2 Å². The SMILES string of the molecule is O=C(O)[C@@H]1CC(C(O)C2=CCOCC2)C(=O)N1C(=O)O. The van der Waals surface area contributed by atoms with E-state index >= 15 is 0 Å². The molecule has 0 aromatic heterocycles. The van der Waals surface area contributed by atoms with Crippen LogP contribution in [0.2, 0.25) is 0 Å². The Morgan fingerprint density at radius 3 is 2.55 bits per heavy atom. The monoisotopic (exact) mass is 285 g/mol. The van der Waals surface area contributed by atoms with Crippen LogP contribution in [0.25, 0.3) is 0 Å². The molecule has 2 heterocycles. The average molecular weight is 285 g/mol. The molecule has 20 heavy (non-hydrogen) atoms. The Kier molecular flexibility index (Phi) is 4.05. The fourth-order valence-corrected chi connectivity index (χ4v) is 2.55. The fraction of sp³-hybridized carbons (Fsp3) is 0.583. The zero-order chi connectivity index (χ0) is 14.9. The number of imide groups is 1. The maximum Gasteiger partial charge on any atom is 0.414 e. The van der Waals surface area contributed by atoms with Gasteiger partial charge in [0.1, 0.15) is 6.04 Å². The summed E-state index contributed by atoms with van der Waals surface area (Å²) in [7, 11) is 0. The summed E-state index contributed by atoms with van der Waals surface area (Å²) in [5, 5.41) is 28.1. The number of amides is 2. The summed E-state index contributed by atoms with van der Waals surface area (Å²) in [4.78, 5) is 34.3. The molecule has 0 aromatic carbocycles. The van der Waals surface area contributed by atoms with Crippen molar-refractivity contribution in [3.63, 3.8) is 0 Å². The molecule has 0 bridgehead atoms. The Labute approximate surface area is 114 Å². The first kappa shape index (κ1) is 14.5. The van der Waals surface area contributed by atoms with Crippen LogP contribution in [0.15, 0.2) is 11.6 Å². The van der Waals surface area contributed by atoms with Gasteiger partial charge >= 0.3 is 12.1 Å². The maximum absolute atomic E-state index is 12.0. The Balaban J connectivity index is 2.21. The van der Waals surface area contributed by atoms with Crippen molar-refractivity contribution in [3.05, 3.63) is 11.6 Å². The molecular weight excluding hydrogens is 270 g/mol. The summed E-state index contributed by atoms with van der Waals surface area (Å²) in [6.07, 6.45) is -0.924. The van der Waals surface area contributed by atoms with E-state index in [1.165, 1.54) is 0 Å². The van der Waals surface area contributed by atoms with E-state index in [1.807, 2.05) is 0 Å². The number of aliphatic hydroxyl groups is 1. The molecule has 110 valence electrons. The highest BCUT2D eigenvalue weighted by Crippen LogP contribution is 2.31. The third-order valence-corrected chi connectivity index (χ3v) is 3.59. The van der Waals surface area contributed by atoms with E-state index in [0.717, 1.165) is 0 Å². The van der Waals surface area contributed by atoms with Crippen LogP contribution in [0.4, 0.5) is 4.79 Å². The first-order valence-corrected chi connectivity index (χ1v) is 6.17. The number of carbonyl (C=O) groups is 3. The number of carbonyl (C=O) groups excluding carboxylic acids is 1. The van der Waals surface area contributed by atoms with Gasteiger partial charge in [-0.2, -0.15) is 0 Å². The summed E-state index contributed by atoms with van der Waals surface area (Å²) in [6, 6.07) is -1.44. The van der Waals surface area contributed by atoms with Crippen molar-refractivity contribution in [1.82, 2.24) is 4.90 Å². The zero-order valence-corrected chi connectivity index (χ0v) is 10.6. The third kappa shape index (κ3) is 2.52. The van der Waals surface area contributed by atoms with Gasteiger partial charge in [-0.25, -0.2) is 14.5 Å². The molecule has 2 rings (SSSR count). The van der Waals surface area contributed by atoms with E-state index in [1.54, 1.807) is 6.08 Å². The highest BCUT2D eigenvalue weighted by atomic mass is 16.5. The average Bonchev–Trinajstić information content (AvgIpc) is 2.77.